The van der Waals surface area contributed by atoms with Gasteiger partial charge in [-0.1, -0.05) is 42.5 Å². The zero-order chi connectivity index (χ0) is 18.4. The van der Waals surface area contributed by atoms with Gasteiger partial charge in [0.1, 0.15) is 0 Å². The molecule has 1 unspecified atom stereocenters. The smallest absolute Gasteiger partial charge is 0.321 e. The van der Waals surface area contributed by atoms with Crippen molar-refractivity contribution in [1.29, 1.82) is 0 Å². The van der Waals surface area contributed by atoms with Gasteiger partial charge in [-0.2, -0.15) is 0 Å². The number of nitrogens with one attached hydrogen (secondary N) is 2. The van der Waals surface area contributed by atoms with Crippen LogP contribution in [0.3, 0.4) is 0 Å². The molecule has 7 heteroatoms. The van der Waals surface area contributed by atoms with Crippen LogP contribution in [0.4, 0.5) is 9.93 Å². The molecular formula is C19H26N4O2S. The number of piperidine rings is 1. The summed E-state index contributed by atoms with van der Waals surface area (Å²) in [5.41, 5.74) is 2.40. The predicted octanol–water partition coefficient (Wildman–Crippen LogP) is 3.71. The van der Waals surface area contributed by atoms with Crippen molar-refractivity contribution in [3.63, 3.8) is 0 Å². The van der Waals surface area contributed by atoms with Crippen LogP contribution in [0.15, 0.2) is 30.5 Å². The van der Waals surface area contributed by atoms with E-state index in [1.807, 2.05) is 0 Å². The number of hydrogen-bond acceptors (Lipinski definition) is 5. The van der Waals surface area contributed by atoms with Crippen molar-refractivity contribution in [2.24, 2.45) is 5.92 Å². The van der Waals surface area contributed by atoms with Gasteiger partial charge in [-0.15, -0.1) is 0 Å². The van der Waals surface area contributed by atoms with E-state index in [9.17, 15) is 4.79 Å². The maximum absolute atomic E-state index is 11.9. The highest BCUT2D eigenvalue weighted by Crippen LogP contribution is 2.24. The fourth-order valence-corrected chi connectivity index (χ4v) is 3.81. The Morgan fingerprint density at radius 3 is 2.81 bits per heavy atom. The number of carbonyl (C=O) groups excluding carboxylic acids is 1. The molecule has 2 N–H and O–H groups in total. The summed E-state index contributed by atoms with van der Waals surface area (Å²) in [6.07, 6.45) is 4.22. The molecule has 140 valence electrons. The number of carbonyl (C=O) groups is 1. The number of ether oxygens (including phenoxy) is 1. The van der Waals surface area contributed by atoms with E-state index in [1.54, 1.807) is 13.3 Å². The summed E-state index contributed by atoms with van der Waals surface area (Å²) in [6.45, 7) is 6.19. The first kappa shape index (κ1) is 18.7. The molecule has 1 fully saturated rings. The minimum atomic E-state index is -0.270. The van der Waals surface area contributed by atoms with Crippen LogP contribution in [0.25, 0.3) is 0 Å². The number of likely N-dealkylation sites (tertiary alicyclic amines) is 1. The van der Waals surface area contributed by atoms with Crippen molar-refractivity contribution in [2.45, 2.75) is 32.9 Å². The summed E-state index contributed by atoms with van der Waals surface area (Å²) in [4.78, 5) is 18.5. The summed E-state index contributed by atoms with van der Waals surface area (Å²) < 4.78 is 5.06. The molecule has 0 bridgehead atoms. The van der Waals surface area contributed by atoms with Crippen LogP contribution < -0.4 is 15.4 Å². The Labute approximate surface area is 158 Å². The second-order valence-corrected chi connectivity index (χ2v) is 7.79. The van der Waals surface area contributed by atoms with E-state index >= 15 is 0 Å². The SMILES string of the molecule is COc1cnc(NC(=O)NCc2ccc(CN3CCCC(C)C3)cc2)s1. The van der Waals surface area contributed by atoms with Crippen molar-refractivity contribution in [3.05, 3.63) is 41.6 Å². The summed E-state index contributed by atoms with van der Waals surface area (Å²) >= 11 is 1.29. The second kappa shape index (κ2) is 9.00. The molecule has 2 aromatic rings. The zero-order valence-corrected chi connectivity index (χ0v) is 16.1. The molecule has 1 saturated heterocycles. The largest absolute Gasteiger partial charge is 0.486 e. The van der Waals surface area contributed by atoms with Crippen molar-refractivity contribution >= 4 is 22.5 Å². The summed E-state index contributed by atoms with van der Waals surface area (Å²) in [5, 5.41) is 6.74. The standard InChI is InChI=1S/C19H26N4O2S/c1-14-4-3-9-23(12-14)13-16-7-5-15(6-8-16)10-20-18(24)22-19-21-11-17(25-2)26-19/h5-8,11,14H,3-4,9-10,12-13H2,1-2H3,(H2,20,21,22,24). The van der Waals surface area contributed by atoms with E-state index in [0.717, 1.165) is 18.0 Å². The van der Waals surface area contributed by atoms with Crippen molar-refractivity contribution in [2.75, 3.05) is 25.5 Å². The molecule has 26 heavy (non-hydrogen) atoms. The third-order valence-corrected chi connectivity index (χ3v) is 5.40. The van der Waals surface area contributed by atoms with Gasteiger partial charge in [0, 0.05) is 19.6 Å². The van der Waals surface area contributed by atoms with E-state index in [0.29, 0.717) is 16.7 Å². The molecule has 2 amide bonds. The average Bonchev–Trinajstić information content (AvgIpc) is 3.09. The molecule has 0 spiro atoms. The third kappa shape index (κ3) is 5.44. The average molecular weight is 375 g/mol. The number of benzene rings is 1. The number of hydrogen-bond donors (Lipinski definition) is 2. The van der Waals surface area contributed by atoms with Crippen LogP contribution in [0, 0.1) is 5.92 Å². The first-order chi connectivity index (χ1) is 12.6. The Morgan fingerprint density at radius 1 is 1.35 bits per heavy atom. The van der Waals surface area contributed by atoms with Crippen LogP contribution >= 0.6 is 11.3 Å². The Bertz CT molecular complexity index is 717. The van der Waals surface area contributed by atoms with Crippen molar-refractivity contribution in [3.8, 4) is 5.06 Å². The molecule has 1 aliphatic heterocycles. The fourth-order valence-electron chi connectivity index (χ4n) is 3.19. The minimum absolute atomic E-state index is 0.270. The molecule has 0 saturated carbocycles. The van der Waals surface area contributed by atoms with Gasteiger partial charge in [-0.25, -0.2) is 9.78 Å². The molecule has 6 nitrogen and oxygen atoms in total. The molecule has 0 aliphatic carbocycles. The van der Waals surface area contributed by atoms with Gasteiger partial charge in [0.05, 0.1) is 13.3 Å². The third-order valence-electron chi connectivity index (χ3n) is 4.53. The fraction of sp³-hybridized carbons (Fsp3) is 0.474. The molecule has 2 heterocycles. The number of methoxy groups -OCH3 is 1. The van der Waals surface area contributed by atoms with Gasteiger partial charge in [0.25, 0.3) is 0 Å². The summed E-state index contributed by atoms with van der Waals surface area (Å²) in [7, 11) is 1.58. The van der Waals surface area contributed by atoms with Gasteiger partial charge in [-0.05, 0) is 36.4 Å². The monoisotopic (exact) mass is 374 g/mol. The number of urea groups is 1. The number of rotatable bonds is 6. The Kier molecular flexibility index (Phi) is 6.46. The van der Waals surface area contributed by atoms with Gasteiger partial charge in [0.2, 0.25) is 0 Å². The highest BCUT2D eigenvalue weighted by molar-refractivity contribution is 7.17. The number of thiazole rings is 1. The van der Waals surface area contributed by atoms with Crippen LogP contribution in [0.5, 0.6) is 5.06 Å². The number of aromatic nitrogens is 1. The van der Waals surface area contributed by atoms with E-state index in [2.05, 4.69) is 51.7 Å². The summed E-state index contributed by atoms with van der Waals surface area (Å²) in [6, 6.07) is 8.19. The predicted molar refractivity (Wildman–Crippen MR) is 105 cm³/mol. The van der Waals surface area contributed by atoms with Crippen LogP contribution in [-0.4, -0.2) is 36.1 Å². The zero-order valence-electron chi connectivity index (χ0n) is 15.3. The maximum atomic E-state index is 11.9. The normalized spacial score (nSPS) is 17.7. The molecule has 1 aromatic heterocycles. The van der Waals surface area contributed by atoms with Crippen LogP contribution in [0.1, 0.15) is 30.9 Å². The van der Waals surface area contributed by atoms with E-state index < -0.39 is 0 Å². The lowest BCUT2D eigenvalue weighted by Gasteiger charge is -2.30. The minimum Gasteiger partial charge on any atom is -0.486 e. The maximum Gasteiger partial charge on any atom is 0.321 e. The van der Waals surface area contributed by atoms with Crippen molar-refractivity contribution < 1.29 is 9.53 Å². The topological polar surface area (TPSA) is 66.5 Å². The first-order valence-electron chi connectivity index (χ1n) is 8.97. The number of amides is 2. The molecule has 3 rings (SSSR count). The van der Waals surface area contributed by atoms with Crippen LogP contribution in [-0.2, 0) is 13.1 Å². The quantitative estimate of drug-likeness (QED) is 0.809. The molecule has 1 aliphatic rings. The lowest BCUT2D eigenvalue weighted by atomic mass is 9.99. The molecule has 1 atom stereocenters. The van der Waals surface area contributed by atoms with E-state index in [1.165, 1.54) is 42.8 Å². The number of anilines is 1. The van der Waals surface area contributed by atoms with Gasteiger partial charge in [-0.3, -0.25) is 10.2 Å². The van der Waals surface area contributed by atoms with Gasteiger partial charge < -0.3 is 10.1 Å². The molecule has 0 radical (unpaired) electrons. The van der Waals surface area contributed by atoms with Gasteiger partial charge >= 0.3 is 6.03 Å². The van der Waals surface area contributed by atoms with Crippen LogP contribution in [0.2, 0.25) is 0 Å². The Balaban J connectivity index is 1.44. The lowest BCUT2D eigenvalue weighted by molar-refractivity contribution is 0.176. The van der Waals surface area contributed by atoms with Gasteiger partial charge in [0.15, 0.2) is 10.2 Å². The Hall–Kier alpha value is -2.12. The second-order valence-electron chi connectivity index (χ2n) is 6.80. The van der Waals surface area contributed by atoms with E-state index in [-0.39, 0.29) is 6.03 Å². The first-order valence-corrected chi connectivity index (χ1v) is 9.79. The number of nitrogens with zero attached hydrogens (tertiary/aromatic N) is 2. The van der Waals surface area contributed by atoms with E-state index in [4.69, 9.17) is 4.74 Å². The summed E-state index contributed by atoms with van der Waals surface area (Å²) in [5.74, 6) is 0.795. The van der Waals surface area contributed by atoms with Crippen molar-refractivity contribution in [1.82, 2.24) is 15.2 Å². The molecule has 1 aromatic carbocycles. The highest BCUT2D eigenvalue weighted by atomic mass is 32.1. The molecular weight excluding hydrogens is 348 g/mol. The highest BCUT2D eigenvalue weighted by Gasteiger charge is 2.16. The Morgan fingerprint density at radius 2 is 2.12 bits per heavy atom. The lowest BCUT2D eigenvalue weighted by Crippen LogP contribution is -2.33.